The normalized spacial score (nSPS) is 25.1. The molecule has 2 heterocycles. The van der Waals surface area contributed by atoms with Crippen molar-refractivity contribution in [2.24, 2.45) is 11.8 Å². The van der Waals surface area contributed by atoms with Crippen LogP contribution in [0.1, 0.15) is 53.8 Å². The molecule has 1 aromatic rings. The van der Waals surface area contributed by atoms with Crippen LogP contribution in [0.3, 0.4) is 0 Å². The van der Waals surface area contributed by atoms with Crippen molar-refractivity contribution in [1.82, 2.24) is 9.88 Å². The fourth-order valence-electron chi connectivity index (χ4n) is 3.90. The summed E-state index contributed by atoms with van der Waals surface area (Å²) < 4.78 is 38.0. The Labute approximate surface area is 133 Å². The maximum Gasteiger partial charge on any atom is 0.433 e. The number of pyridine rings is 1. The molecule has 0 radical (unpaired) electrons. The van der Waals surface area contributed by atoms with Gasteiger partial charge in [0.25, 0.3) is 5.91 Å². The predicted molar refractivity (Wildman–Crippen MR) is 79.9 cm³/mol. The van der Waals surface area contributed by atoms with Crippen molar-refractivity contribution in [3.8, 4) is 0 Å². The Bertz CT molecular complexity index is 600. The Morgan fingerprint density at radius 3 is 2.52 bits per heavy atom. The quantitative estimate of drug-likeness (QED) is 0.780. The van der Waals surface area contributed by atoms with Gasteiger partial charge in [-0.05, 0) is 43.7 Å². The first-order valence-corrected chi connectivity index (χ1v) is 8.20. The van der Waals surface area contributed by atoms with Crippen molar-refractivity contribution in [3.05, 3.63) is 29.1 Å². The Kier molecular flexibility index (Phi) is 4.34. The lowest BCUT2D eigenvalue weighted by molar-refractivity contribution is -0.141. The fraction of sp³-hybridized carbons (Fsp3) is 0.647. The van der Waals surface area contributed by atoms with Gasteiger partial charge in [-0.3, -0.25) is 4.79 Å². The second-order valence-corrected chi connectivity index (χ2v) is 6.67. The van der Waals surface area contributed by atoms with Gasteiger partial charge in [-0.1, -0.05) is 19.3 Å². The van der Waals surface area contributed by atoms with Crippen LogP contribution in [0.25, 0.3) is 0 Å². The number of nitrogens with zero attached hydrogens (tertiary/aromatic N) is 2. The lowest BCUT2D eigenvalue weighted by Gasteiger charge is -2.41. The first-order valence-electron chi connectivity index (χ1n) is 8.20. The summed E-state index contributed by atoms with van der Waals surface area (Å²) in [4.78, 5) is 18.0. The Morgan fingerprint density at radius 2 is 1.87 bits per heavy atom. The van der Waals surface area contributed by atoms with E-state index < -0.39 is 11.9 Å². The van der Waals surface area contributed by atoms with Gasteiger partial charge in [0.15, 0.2) is 0 Å². The molecule has 0 spiro atoms. The van der Waals surface area contributed by atoms with E-state index in [9.17, 15) is 18.0 Å². The highest BCUT2D eigenvalue weighted by atomic mass is 19.4. The summed E-state index contributed by atoms with van der Waals surface area (Å²) in [6.07, 6.45) is 1.41. The molecule has 2 atom stereocenters. The number of hydrogen-bond acceptors (Lipinski definition) is 2. The first-order chi connectivity index (χ1) is 10.9. The molecule has 0 aromatic carbocycles. The summed E-state index contributed by atoms with van der Waals surface area (Å²) in [5.74, 6) is 1.07. The number of aryl methyl sites for hydroxylation is 1. The standard InChI is InChI=1S/C17H21F3N2O/c1-11-14(6-7-15(21-11)17(18,19)20)16(23)22-9-8-12-4-2-3-5-13(12)10-22/h6-7,12-13H,2-5,8-10H2,1H3. The molecule has 1 aliphatic carbocycles. The lowest BCUT2D eigenvalue weighted by Crippen LogP contribution is -2.45. The van der Waals surface area contributed by atoms with Gasteiger partial charge in [0.2, 0.25) is 0 Å². The third-order valence-corrected chi connectivity index (χ3v) is 5.19. The molecule has 1 aromatic heterocycles. The van der Waals surface area contributed by atoms with Crippen LogP contribution in [0, 0.1) is 18.8 Å². The van der Waals surface area contributed by atoms with E-state index in [2.05, 4.69) is 4.98 Å². The second-order valence-electron chi connectivity index (χ2n) is 6.67. The van der Waals surface area contributed by atoms with E-state index in [1.54, 1.807) is 4.90 Å². The Balaban J connectivity index is 1.75. The smallest absolute Gasteiger partial charge is 0.338 e. The molecule has 126 valence electrons. The minimum Gasteiger partial charge on any atom is -0.338 e. The zero-order valence-corrected chi connectivity index (χ0v) is 13.2. The molecule has 1 amide bonds. The monoisotopic (exact) mass is 326 g/mol. The van der Waals surface area contributed by atoms with Crippen LogP contribution in [-0.2, 0) is 6.18 Å². The number of carbonyl (C=O) groups is 1. The predicted octanol–water partition coefficient (Wildman–Crippen LogP) is 4.06. The van der Waals surface area contributed by atoms with Crippen molar-refractivity contribution in [2.75, 3.05) is 13.1 Å². The van der Waals surface area contributed by atoms with Gasteiger partial charge in [-0.15, -0.1) is 0 Å². The Hall–Kier alpha value is -1.59. The highest BCUT2D eigenvalue weighted by molar-refractivity contribution is 5.95. The fourth-order valence-corrected chi connectivity index (χ4v) is 3.90. The minimum atomic E-state index is -4.48. The van der Waals surface area contributed by atoms with Crippen LogP contribution in [0.2, 0.25) is 0 Å². The zero-order chi connectivity index (χ0) is 16.6. The number of aromatic nitrogens is 1. The van der Waals surface area contributed by atoms with Crippen molar-refractivity contribution >= 4 is 5.91 Å². The maximum atomic E-state index is 12.7. The lowest BCUT2D eigenvalue weighted by atomic mass is 9.75. The first kappa shape index (κ1) is 16.3. The molecule has 0 N–H and O–H groups in total. The molecule has 2 fully saturated rings. The number of alkyl halides is 3. The molecule has 2 aliphatic rings. The van der Waals surface area contributed by atoms with Crippen molar-refractivity contribution in [3.63, 3.8) is 0 Å². The molecule has 6 heteroatoms. The number of amides is 1. The number of fused-ring (bicyclic) bond motifs is 1. The third kappa shape index (κ3) is 3.35. The summed E-state index contributed by atoms with van der Waals surface area (Å²) >= 11 is 0. The molecule has 23 heavy (non-hydrogen) atoms. The molecular formula is C17H21F3N2O. The Morgan fingerprint density at radius 1 is 1.17 bits per heavy atom. The average molecular weight is 326 g/mol. The van der Waals surface area contributed by atoms with Crippen molar-refractivity contribution < 1.29 is 18.0 Å². The molecule has 3 rings (SSSR count). The SMILES string of the molecule is Cc1nc(C(F)(F)F)ccc1C(=O)N1CCC2CCCCC2C1. The molecule has 1 saturated heterocycles. The van der Waals surface area contributed by atoms with E-state index in [0.717, 1.165) is 25.5 Å². The van der Waals surface area contributed by atoms with E-state index in [0.29, 0.717) is 18.4 Å². The van der Waals surface area contributed by atoms with Crippen LogP contribution in [0.4, 0.5) is 13.2 Å². The number of carbonyl (C=O) groups excluding carboxylic acids is 1. The topological polar surface area (TPSA) is 33.2 Å². The van der Waals surface area contributed by atoms with E-state index >= 15 is 0 Å². The maximum absolute atomic E-state index is 12.7. The van der Waals surface area contributed by atoms with E-state index in [4.69, 9.17) is 0 Å². The van der Waals surface area contributed by atoms with Gasteiger partial charge in [-0.25, -0.2) is 4.98 Å². The highest BCUT2D eigenvalue weighted by Crippen LogP contribution is 2.36. The molecule has 3 nitrogen and oxygen atoms in total. The van der Waals surface area contributed by atoms with Gasteiger partial charge in [0.05, 0.1) is 11.3 Å². The molecule has 2 unspecified atom stereocenters. The van der Waals surface area contributed by atoms with Gasteiger partial charge >= 0.3 is 6.18 Å². The molecule has 1 saturated carbocycles. The van der Waals surface area contributed by atoms with Gasteiger partial charge in [0.1, 0.15) is 5.69 Å². The van der Waals surface area contributed by atoms with E-state index in [-0.39, 0.29) is 17.2 Å². The van der Waals surface area contributed by atoms with Gasteiger partial charge < -0.3 is 4.90 Å². The third-order valence-electron chi connectivity index (χ3n) is 5.19. The largest absolute Gasteiger partial charge is 0.433 e. The van der Waals surface area contributed by atoms with Crippen LogP contribution in [0.5, 0.6) is 0 Å². The highest BCUT2D eigenvalue weighted by Gasteiger charge is 2.35. The number of hydrogen-bond donors (Lipinski definition) is 0. The van der Waals surface area contributed by atoms with Crippen molar-refractivity contribution in [2.45, 2.75) is 45.2 Å². The van der Waals surface area contributed by atoms with Gasteiger partial charge in [0, 0.05) is 13.1 Å². The summed E-state index contributed by atoms with van der Waals surface area (Å²) in [6, 6.07) is 2.16. The van der Waals surface area contributed by atoms with E-state index in [1.807, 2.05) is 0 Å². The summed E-state index contributed by atoms with van der Waals surface area (Å²) in [5, 5.41) is 0. The van der Waals surface area contributed by atoms with Crippen LogP contribution < -0.4 is 0 Å². The van der Waals surface area contributed by atoms with E-state index in [1.165, 1.54) is 32.3 Å². The van der Waals surface area contributed by atoms with Crippen LogP contribution >= 0.6 is 0 Å². The number of likely N-dealkylation sites (tertiary alicyclic amines) is 1. The number of piperidine rings is 1. The van der Waals surface area contributed by atoms with Crippen LogP contribution in [-0.4, -0.2) is 28.9 Å². The minimum absolute atomic E-state index is 0.149. The number of rotatable bonds is 1. The summed E-state index contributed by atoms with van der Waals surface area (Å²) in [7, 11) is 0. The molecule has 1 aliphatic heterocycles. The second kappa shape index (κ2) is 6.13. The van der Waals surface area contributed by atoms with Crippen molar-refractivity contribution in [1.29, 1.82) is 0 Å². The molecule has 0 bridgehead atoms. The van der Waals surface area contributed by atoms with Crippen LogP contribution in [0.15, 0.2) is 12.1 Å². The summed E-state index contributed by atoms with van der Waals surface area (Å²) in [5.41, 5.74) is -0.514. The zero-order valence-electron chi connectivity index (χ0n) is 13.2. The summed E-state index contributed by atoms with van der Waals surface area (Å²) in [6.45, 7) is 2.89. The molecular weight excluding hydrogens is 305 g/mol. The van der Waals surface area contributed by atoms with Gasteiger partial charge in [-0.2, -0.15) is 13.2 Å². The number of halogens is 3. The average Bonchev–Trinajstić information content (AvgIpc) is 2.53.